The van der Waals surface area contributed by atoms with Crippen molar-refractivity contribution in [2.75, 3.05) is 7.11 Å². The maximum atomic E-state index is 5.46. The van der Waals surface area contributed by atoms with Crippen LogP contribution < -0.4 is 0 Å². The van der Waals surface area contributed by atoms with Crippen LogP contribution in [0.2, 0.25) is 0 Å². The lowest BCUT2D eigenvalue weighted by Gasteiger charge is -2.31. The van der Waals surface area contributed by atoms with Gasteiger partial charge in [0.1, 0.15) is 0 Å². The first-order valence-electron chi connectivity index (χ1n) is 8.34. The summed E-state index contributed by atoms with van der Waals surface area (Å²) in [5, 5.41) is 0. The zero-order valence-electron chi connectivity index (χ0n) is 12.5. The first-order chi connectivity index (χ1) is 8.81. The summed E-state index contributed by atoms with van der Waals surface area (Å²) in [4.78, 5) is 0. The highest BCUT2D eigenvalue weighted by molar-refractivity contribution is 4.76. The van der Waals surface area contributed by atoms with Gasteiger partial charge in [-0.2, -0.15) is 0 Å². The van der Waals surface area contributed by atoms with Crippen LogP contribution in [0.1, 0.15) is 77.6 Å². The number of methoxy groups -OCH3 is 1. The average molecular weight is 252 g/mol. The third kappa shape index (κ3) is 4.26. The lowest BCUT2D eigenvalue weighted by molar-refractivity contribution is 0.0540. The van der Waals surface area contributed by atoms with Gasteiger partial charge >= 0.3 is 0 Å². The van der Waals surface area contributed by atoms with E-state index < -0.39 is 0 Å². The lowest BCUT2D eigenvalue weighted by atomic mass is 9.76. The molecule has 0 aromatic heterocycles. The number of hydrogen-bond donors (Lipinski definition) is 0. The van der Waals surface area contributed by atoms with Crippen molar-refractivity contribution in [2.45, 2.75) is 83.7 Å². The first kappa shape index (κ1) is 14.4. The summed E-state index contributed by atoms with van der Waals surface area (Å²) in [5.41, 5.74) is 0. The molecule has 0 heterocycles. The molecule has 0 spiro atoms. The van der Waals surface area contributed by atoms with Crippen molar-refractivity contribution in [2.24, 2.45) is 17.8 Å². The molecule has 2 saturated carbocycles. The molecular weight excluding hydrogens is 220 g/mol. The predicted molar refractivity (Wildman–Crippen MR) is 77.7 cm³/mol. The molecule has 0 atom stereocenters. The van der Waals surface area contributed by atoms with E-state index in [0.29, 0.717) is 6.10 Å². The topological polar surface area (TPSA) is 9.23 Å². The van der Waals surface area contributed by atoms with E-state index in [1.807, 2.05) is 7.11 Å². The molecule has 0 bridgehead atoms. The fraction of sp³-hybridized carbons (Fsp3) is 1.00. The predicted octanol–water partition coefficient (Wildman–Crippen LogP) is 5.19. The van der Waals surface area contributed by atoms with Crippen LogP contribution >= 0.6 is 0 Å². The van der Waals surface area contributed by atoms with Gasteiger partial charge < -0.3 is 4.74 Å². The Labute approximate surface area is 114 Å². The average Bonchev–Trinajstić information content (AvgIpc) is 2.46. The van der Waals surface area contributed by atoms with E-state index in [0.717, 1.165) is 17.8 Å². The molecule has 106 valence electrons. The Morgan fingerprint density at radius 3 is 1.61 bits per heavy atom. The molecule has 0 amide bonds. The summed E-state index contributed by atoms with van der Waals surface area (Å²) in [7, 11) is 1.87. The zero-order valence-corrected chi connectivity index (χ0v) is 12.5. The van der Waals surface area contributed by atoms with Gasteiger partial charge in [-0.25, -0.2) is 0 Å². The SMILES string of the molecule is CC[C@H]1CC[C@H](CC[C@H]2CC[C@H](OC)CC2)CC1. The summed E-state index contributed by atoms with van der Waals surface area (Å²) in [6.07, 6.45) is 16.5. The van der Waals surface area contributed by atoms with Crippen molar-refractivity contribution in [3.8, 4) is 0 Å². The van der Waals surface area contributed by atoms with Gasteiger partial charge in [-0.1, -0.05) is 51.9 Å². The van der Waals surface area contributed by atoms with E-state index in [2.05, 4.69) is 6.92 Å². The minimum absolute atomic E-state index is 0.571. The molecule has 0 aliphatic heterocycles. The monoisotopic (exact) mass is 252 g/mol. The standard InChI is InChI=1S/C17H32O/c1-3-14-4-6-15(7-5-14)8-9-16-10-12-17(18-2)13-11-16/h14-17H,3-13H2,1-2H3/t14-,15-,16-,17-. The maximum Gasteiger partial charge on any atom is 0.0571 e. The Morgan fingerprint density at radius 1 is 0.722 bits per heavy atom. The largest absolute Gasteiger partial charge is 0.381 e. The first-order valence-corrected chi connectivity index (χ1v) is 8.34. The summed E-state index contributed by atoms with van der Waals surface area (Å²) in [6, 6.07) is 0. The van der Waals surface area contributed by atoms with Gasteiger partial charge in [0, 0.05) is 7.11 Å². The van der Waals surface area contributed by atoms with E-state index in [-0.39, 0.29) is 0 Å². The third-order valence-electron chi connectivity index (χ3n) is 5.65. The van der Waals surface area contributed by atoms with Crippen LogP contribution in [-0.4, -0.2) is 13.2 Å². The number of ether oxygens (including phenoxy) is 1. The Kier molecular flexibility index (Phi) is 6.01. The minimum Gasteiger partial charge on any atom is -0.381 e. The number of rotatable bonds is 5. The fourth-order valence-electron chi connectivity index (χ4n) is 4.06. The summed E-state index contributed by atoms with van der Waals surface area (Å²) in [5.74, 6) is 3.13. The lowest BCUT2D eigenvalue weighted by Crippen LogP contribution is -2.21. The quantitative estimate of drug-likeness (QED) is 0.654. The van der Waals surface area contributed by atoms with Gasteiger partial charge in [0.25, 0.3) is 0 Å². The second kappa shape index (κ2) is 7.53. The normalized spacial score (nSPS) is 37.7. The molecule has 0 aromatic carbocycles. The van der Waals surface area contributed by atoms with Crippen molar-refractivity contribution in [3.05, 3.63) is 0 Å². The van der Waals surface area contributed by atoms with E-state index in [9.17, 15) is 0 Å². The van der Waals surface area contributed by atoms with Crippen molar-refractivity contribution >= 4 is 0 Å². The van der Waals surface area contributed by atoms with Crippen LogP contribution in [0.4, 0.5) is 0 Å². The van der Waals surface area contributed by atoms with Crippen LogP contribution in [0, 0.1) is 17.8 Å². The van der Waals surface area contributed by atoms with Gasteiger partial charge in [-0.05, 0) is 43.4 Å². The van der Waals surface area contributed by atoms with Crippen molar-refractivity contribution in [3.63, 3.8) is 0 Å². The summed E-state index contributed by atoms with van der Waals surface area (Å²) in [6.45, 7) is 2.36. The molecule has 2 aliphatic carbocycles. The number of hydrogen-bond acceptors (Lipinski definition) is 1. The smallest absolute Gasteiger partial charge is 0.0571 e. The van der Waals surface area contributed by atoms with Gasteiger partial charge in [0.05, 0.1) is 6.10 Å². The Morgan fingerprint density at radius 2 is 1.17 bits per heavy atom. The van der Waals surface area contributed by atoms with E-state index in [1.54, 1.807) is 0 Å². The van der Waals surface area contributed by atoms with Gasteiger partial charge in [0.2, 0.25) is 0 Å². The van der Waals surface area contributed by atoms with Crippen molar-refractivity contribution in [1.82, 2.24) is 0 Å². The highest BCUT2D eigenvalue weighted by Gasteiger charge is 2.24. The van der Waals surface area contributed by atoms with Gasteiger partial charge in [0.15, 0.2) is 0 Å². The highest BCUT2D eigenvalue weighted by atomic mass is 16.5. The molecule has 2 rings (SSSR count). The molecule has 1 heteroatoms. The van der Waals surface area contributed by atoms with Crippen molar-refractivity contribution in [1.29, 1.82) is 0 Å². The van der Waals surface area contributed by atoms with Crippen LogP contribution in [0.3, 0.4) is 0 Å². The molecule has 0 saturated heterocycles. The van der Waals surface area contributed by atoms with Gasteiger partial charge in [-0.3, -0.25) is 0 Å². The molecule has 1 nitrogen and oxygen atoms in total. The molecule has 2 fully saturated rings. The molecule has 0 N–H and O–H groups in total. The van der Waals surface area contributed by atoms with Crippen LogP contribution in [0.5, 0.6) is 0 Å². The van der Waals surface area contributed by atoms with E-state index in [4.69, 9.17) is 4.74 Å². The minimum atomic E-state index is 0.571. The van der Waals surface area contributed by atoms with E-state index in [1.165, 1.54) is 70.6 Å². The zero-order chi connectivity index (χ0) is 12.8. The molecule has 0 aromatic rings. The van der Waals surface area contributed by atoms with E-state index >= 15 is 0 Å². The molecular formula is C17H32O. The summed E-state index contributed by atoms with van der Waals surface area (Å²) >= 11 is 0. The second-order valence-corrected chi connectivity index (χ2v) is 6.75. The maximum absolute atomic E-state index is 5.46. The van der Waals surface area contributed by atoms with Crippen LogP contribution in [0.15, 0.2) is 0 Å². The Hall–Kier alpha value is -0.0400. The fourth-order valence-corrected chi connectivity index (χ4v) is 4.06. The Balaban J connectivity index is 1.58. The second-order valence-electron chi connectivity index (χ2n) is 6.75. The third-order valence-corrected chi connectivity index (χ3v) is 5.65. The van der Waals surface area contributed by atoms with Crippen molar-refractivity contribution < 1.29 is 4.74 Å². The molecule has 0 unspecified atom stereocenters. The molecule has 2 aliphatic rings. The highest BCUT2D eigenvalue weighted by Crippen LogP contribution is 2.36. The van der Waals surface area contributed by atoms with Gasteiger partial charge in [-0.15, -0.1) is 0 Å². The Bertz CT molecular complexity index is 186. The van der Waals surface area contributed by atoms with Crippen LogP contribution in [-0.2, 0) is 4.74 Å². The van der Waals surface area contributed by atoms with Crippen LogP contribution in [0.25, 0.3) is 0 Å². The molecule has 0 radical (unpaired) electrons. The molecule has 18 heavy (non-hydrogen) atoms. The summed E-state index contributed by atoms with van der Waals surface area (Å²) < 4.78 is 5.46.